The molecule has 7 aromatic rings. The normalized spacial score (nSPS) is 16.2. The number of ether oxygens (including phenoxy) is 9. The molecular formula is C101H147F12N3O14. The number of furan rings is 4. The third-order valence-electron chi connectivity index (χ3n) is 20.6. The third kappa shape index (κ3) is 46.0. The molecular weight excluding hydrogens is 1710 g/mol. The van der Waals surface area contributed by atoms with Crippen molar-refractivity contribution in [2.24, 2.45) is 40.4 Å². The number of aromatic amines is 2. The molecule has 0 unspecified atom stereocenters. The standard InChI is InChI=1S/C13H20O.C12H19NO.2C12H18O2.C11H15F3O.C11H17NO2.C10H14F3NO.2C10H13F3O2/c1-13(2,3)11-6-7-12(8-11)14-9-10-4-5-10;1-12(2,3)11-6-10(7-13-11)14-8-9-4-5-9;1-12(2,3)11-6-10(8-14-11)13-7-9-4-5-9;1-12(2,3)10-6-11(14-8-10)13-7-9-4-5-9;1-10(2,3)8-4-5-9(6-8)15-7-11(12,13)14;1-11(2,3)9-6-10(14-12-9)13-7-8-4-5-8;2*1-9(2,3)8-4-7(5-14-8)15-6-10(11,12)13;1-9(2,3)7-4-8(14-5-7)15-6-10(11,12)13/h6,8,10H,4-5,7,9H2,1-3H3;6-7,9,13H,4-5,8H2,1-3H3;2*6,8-9H,4-5,7H2,1-3H3;4,6H,5,7H2,1-3H3;6,8H,4-5,7H2,1-3H3;4-5,14H,6H2,1-3H3;2*4-5H,6H2,1-3H3. The van der Waals surface area contributed by atoms with E-state index >= 15 is 0 Å². The molecule has 130 heavy (non-hydrogen) atoms. The molecule has 0 atom stereocenters. The average Bonchev–Trinajstić information content (AvgIpc) is 1.81. The van der Waals surface area contributed by atoms with Crippen molar-refractivity contribution < 1.29 is 118 Å². The minimum Gasteiger partial charge on any atom is -0.497 e. The maximum atomic E-state index is 11.9. The van der Waals surface area contributed by atoms with Gasteiger partial charge in [-0.15, -0.1) is 0 Å². The Bertz CT molecular complexity index is 4180. The molecule has 17 nitrogen and oxygen atoms in total. The molecule has 734 valence electrons. The van der Waals surface area contributed by atoms with Crippen LogP contribution in [-0.4, -0.2) is 99.3 Å². The zero-order valence-corrected chi connectivity index (χ0v) is 81.7. The predicted molar refractivity (Wildman–Crippen MR) is 483 cm³/mol. The van der Waals surface area contributed by atoms with E-state index in [4.69, 9.17) is 45.9 Å². The van der Waals surface area contributed by atoms with E-state index in [1.807, 2.05) is 114 Å². The van der Waals surface area contributed by atoms with Gasteiger partial charge in [0.25, 0.3) is 11.9 Å². The zero-order valence-electron chi connectivity index (χ0n) is 81.7. The quantitative estimate of drug-likeness (QED) is 0.0574. The van der Waals surface area contributed by atoms with Crippen LogP contribution in [0.2, 0.25) is 0 Å². The van der Waals surface area contributed by atoms with Crippen LogP contribution in [0.4, 0.5) is 52.7 Å². The van der Waals surface area contributed by atoms with Crippen molar-refractivity contribution in [3.63, 3.8) is 0 Å². The van der Waals surface area contributed by atoms with Gasteiger partial charge in [0.05, 0.1) is 57.0 Å². The number of hydrogen-bond acceptors (Lipinski definition) is 15. The lowest BCUT2D eigenvalue weighted by Crippen LogP contribution is -2.19. The Morgan fingerprint density at radius 2 is 0.615 bits per heavy atom. The number of nitrogens with one attached hydrogen (secondary N) is 2. The molecule has 0 aromatic carbocycles. The fourth-order valence-corrected chi connectivity index (χ4v) is 11.0. The van der Waals surface area contributed by atoms with E-state index in [-0.39, 0.29) is 66.2 Å². The number of H-pyrrole nitrogens is 2. The SMILES string of the molecule is CC(C)(C)C1=CCC(OCC(F)(F)F)=C1.CC(C)(C)C1=CCC(OCC2CC2)=C1.CC(C)(C)c1cc(OCC(F)(F)F)c[nH]1.CC(C)(C)c1cc(OCC(F)(F)F)co1.CC(C)(C)c1cc(OCC2CC2)c[nH]1.CC(C)(C)c1cc(OCC2CC2)co1.CC(C)(C)c1cc(OCC2CC2)on1.CC(C)(C)c1coc(OCC(F)(F)F)c1.CC(C)(C)c1coc(OCC2CC2)c1. The van der Waals surface area contributed by atoms with Crippen molar-refractivity contribution in [2.75, 3.05) is 59.5 Å². The summed E-state index contributed by atoms with van der Waals surface area (Å²) in [5.41, 5.74) is 7.62. The number of rotatable bonds is 23. The fraction of sp³-hybridized carbons (Fsp3) is 0.653. The molecule has 7 aliphatic carbocycles. The van der Waals surface area contributed by atoms with Crippen molar-refractivity contribution in [2.45, 2.75) is 327 Å². The van der Waals surface area contributed by atoms with E-state index in [9.17, 15) is 52.7 Å². The van der Waals surface area contributed by atoms with Gasteiger partial charge in [0.15, 0.2) is 37.9 Å². The summed E-state index contributed by atoms with van der Waals surface area (Å²) in [5, 5.41) is 3.99. The van der Waals surface area contributed by atoms with Crippen molar-refractivity contribution in [3.05, 3.63) is 167 Å². The van der Waals surface area contributed by atoms with Gasteiger partial charge < -0.3 is 74.8 Å². The first-order valence-electron chi connectivity index (χ1n) is 45.0. The number of allylic oxidation sites excluding steroid dienone is 6. The highest BCUT2D eigenvalue weighted by Crippen LogP contribution is 2.41. The van der Waals surface area contributed by atoms with E-state index in [2.05, 4.69) is 156 Å². The Morgan fingerprint density at radius 1 is 0.300 bits per heavy atom. The first kappa shape index (κ1) is 110. The lowest BCUT2D eigenvalue weighted by Gasteiger charge is -2.18. The summed E-state index contributed by atoms with van der Waals surface area (Å²) in [7, 11) is 0. The highest BCUT2D eigenvalue weighted by molar-refractivity contribution is 5.36. The summed E-state index contributed by atoms with van der Waals surface area (Å²) in [5.74, 6) is 10.5. The Kier molecular flexibility index (Phi) is 38.7. The molecule has 0 saturated heterocycles. The largest absolute Gasteiger partial charge is 0.497 e. The summed E-state index contributed by atoms with van der Waals surface area (Å²) in [4.78, 5) is 6.15. The van der Waals surface area contributed by atoms with Crippen LogP contribution in [0.1, 0.15) is 304 Å². The monoisotopic (exact) mass is 1850 g/mol. The van der Waals surface area contributed by atoms with Crippen LogP contribution in [0.5, 0.6) is 40.8 Å². The maximum Gasteiger partial charge on any atom is 0.422 e. The van der Waals surface area contributed by atoms with E-state index in [1.54, 1.807) is 24.7 Å². The van der Waals surface area contributed by atoms with Crippen LogP contribution in [0.25, 0.3) is 0 Å². The number of halogens is 12. The number of nitrogens with zero attached hydrogens (tertiary/aromatic N) is 1. The molecule has 0 aliphatic heterocycles. The Balaban J connectivity index is 0.000000225. The first-order valence-corrected chi connectivity index (χ1v) is 45.0. The van der Waals surface area contributed by atoms with Gasteiger partial charge in [-0.05, 0) is 150 Å². The molecule has 0 bridgehead atoms. The van der Waals surface area contributed by atoms with Crippen LogP contribution in [0, 0.1) is 40.4 Å². The summed E-state index contributed by atoms with van der Waals surface area (Å²) < 4.78 is 214. The number of hydrogen-bond donors (Lipinski definition) is 2. The van der Waals surface area contributed by atoms with Crippen LogP contribution in [-0.2, 0) is 47.4 Å². The molecule has 5 fully saturated rings. The van der Waals surface area contributed by atoms with Crippen LogP contribution in [0.15, 0.2) is 149 Å². The molecule has 0 amide bonds. The second-order valence-electron chi connectivity index (χ2n) is 43.7. The summed E-state index contributed by atoms with van der Waals surface area (Å²) >= 11 is 0. The first-order chi connectivity index (χ1) is 59.5. The minimum absolute atomic E-state index is 0.0324. The summed E-state index contributed by atoms with van der Waals surface area (Å²) in [6.07, 6.45) is 15.2. The Hall–Kier alpha value is -8.79. The van der Waals surface area contributed by atoms with Crippen LogP contribution >= 0.6 is 0 Å². The molecule has 2 N–H and O–H groups in total. The van der Waals surface area contributed by atoms with Gasteiger partial charge in [-0.25, -0.2) is 0 Å². The van der Waals surface area contributed by atoms with Crippen LogP contribution < -0.4 is 33.2 Å². The highest BCUT2D eigenvalue weighted by atomic mass is 19.4. The summed E-state index contributed by atoms with van der Waals surface area (Å²) in [6, 6.07) is 12.6. The van der Waals surface area contributed by atoms with Gasteiger partial charge in [-0.1, -0.05) is 204 Å². The number of alkyl halides is 12. The van der Waals surface area contributed by atoms with Crippen molar-refractivity contribution in [1.29, 1.82) is 0 Å². The lowest BCUT2D eigenvalue weighted by atomic mass is 9.87. The molecule has 14 rings (SSSR count). The molecule has 7 aromatic heterocycles. The second-order valence-corrected chi connectivity index (χ2v) is 43.7. The zero-order chi connectivity index (χ0) is 97.7. The molecule has 7 heterocycles. The Labute approximate surface area is 763 Å². The van der Waals surface area contributed by atoms with E-state index in [1.165, 1.54) is 118 Å². The van der Waals surface area contributed by atoms with Crippen LogP contribution in [0.3, 0.4) is 0 Å². The molecule has 7 aliphatic rings. The van der Waals surface area contributed by atoms with Gasteiger partial charge >= 0.3 is 30.7 Å². The van der Waals surface area contributed by atoms with Gasteiger partial charge in [-0.3, -0.25) is 0 Å². The lowest BCUT2D eigenvalue weighted by molar-refractivity contribution is -0.165. The highest BCUT2D eigenvalue weighted by Gasteiger charge is 2.36. The van der Waals surface area contributed by atoms with Crippen molar-refractivity contribution in [1.82, 2.24) is 15.1 Å². The maximum absolute atomic E-state index is 11.9. The molecule has 29 heteroatoms. The second kappa shape index (κ2) is 45.8. The smallest absolute Gasteiger partial charge is 0.422 e. The van der Waals surface area contributed by atoms with E-state index in [0.29, 0.717) is 29.8 Å². The van der Waals surface area contributed by atoms with Gasteiger partial charge in [-0.2, -0.15) is 52.7 Å². The minimum atomic E-state index is -4.34. The van der Waals surface area contributed by atoms with E-state index < -0.39 is 51.1 Å². The molecule has 0 radical (unpaired) electrons. The van der Waals surface area contributed by atoms with Crippen molar-refractivity contribution in [3.8, 4) is 40.8 Å². The molecule has 0 spiro atoms. The topological polar surface area (TPSA) is 193 Å². The van der Waals surface area contributed by atoms with E-state index in [0.717, 1.165) is 109 Å². The Morgan fingerprint density at radius 3 is 0.923 bits per heavy atom. The van der Waals surface area contributed by atoms with Gasteiger partial charge in [0.2, 0.25) is 0 Å². The van der Waals surface area contributed by atoms with Gasteiger partial charge in [0, 0.05) is 106 Å². The predicted octanol–water partition coefficient (Wildman–Crippen LogP) is 30.4. The van der Waals surface area contributed by atoms with Gasteiger partial charge in [0.1, 0.15) is 41.3 Å². The average molecular weight is 1860 g/mol. The van der Waals surface area contributed by atoms with Crippen molar-refractivity contribution >= 4 is 0 Å². The summed E-state index contributed by atoms with van der Waals surface area (Å²) in [6.45, 7) is 55.2. The third-order valence-corrected chi connectivity index (χ3v) is 20.6. The molecule has 5 saturated carbocycles. The number of aromatic nitrogens is 3. The fourth-order valence-electron chi connectivity index (χ4n) is 11.0.